The molecule has 1 nitrogen and oxygen atoms in total. The number of hydrogen-bond acceptors (Lipinski definition) is 1. The van der Waals surface area contributed by atoms with Crippen LogP contribution in [0.2, 0.25) is 0 Å². The summed E-state index contributed by atoms with van der Waals surface area (Å²) in [7, 11) is 1.52. The third-order valence-electron chi connectivity index (χ3n) is 4.07. The minimum atomic E-state index is -4.53. The number of rotatable bonds is 3. The van der Waals surface area contributed by atoms with Gasteiger partial charge in [-0.05, 0) is 47.0 Å². The molecule has 0 unspecified atom stereocenters. The molecule has 4 heteroatoms. The molecule has 0 atom stereocenters. The molecule has 0 aliphatic rings. The first-order chi connectivity index (χ1) is 13.5. The van der Waals surface area contributed by atoms with Crippen molar-refractivity contribution in [3.05, 3.63) is 95.6 Å². The van der Waals surface area contributed by atoms with Crippen LogP contribution < -0.4 is 4.74 Å². The van der Waals surface area contributed by atoms with Gasteiger partial charge in [-0.3, -0.25) is 0 Å². The number of benzene rings is 3. The summed E-state index contributed by atoms with van der Waals surface area (Å²) >= 11 is 0. The Kier molecular flexibility index (Phi) is 5.86. The first-order valence-corrected chi connectivity index (χ1v) is 8.56. The SMILES string of the molecule is COc1ccc(C#CC(=Cc2ccc(-c3ccccc3)cc2)C(F)(F)F)cc1. The molecular formula is C24H17F3O. The highest BCUT2D eigenvalue weighted by Crippen LogP contribution is 2.28. The Labute approximate surface area is 162 Å². The van der Waals surface area contributed by atoms with E-state index in [1.54, 1.807) is 48.5 Å². The van der Waals surface area contributed by atoms with Crippen LogP contribution in [0, 0.1) is 11.8 Å². The van der Waals surface area contributed by atoms with E-state index in [1.165, 1.54) is 7.11 Å². The van der Waals surface area contributed by atoms with Crippen molar-refractivity contribution in [2.45, 2.75) is 6.18 Å². The highest BCUT2D eigenvalue weighted by atomic mass is 19.4. The second kappa shape index (κ2) is 8.49. The molecule has 3 rings (SSSR count). The molecule has 3 aromatic rings. The lowest BCUT2D eigenvalue weighted by molar-refractivity contribution is -0.0863. The summed E-state index contributed by atoms with van der Waals surface area (Å²) in [6.45, 7) is 0. The topological polar surface area (TPSA) is 9.23 Å². The molecule has 0 radical (unpaired) electrons. The Bertz CT molecular complexity index is 1000. The quantitative estimate of drug-likeness (QED) is 0.482. The Morgan fingerprint density at radius 3 is 2.00 bits per heavy atom. The zero-order valence-corrected chi connectivity index (χ0v) is 15.1. The molecule has 0 amide bonds. The van der Waals surface area contributed by atoms with Crippen molar-refractivity contribution in [3.63, 3.8) is 0 Å². The van der Waals surface area contributed by atoms with Crippen LogP contribution >= 0.6 is 0 Å². The van der Waals surface area contributed by atoms with Crippen molar-refractivity contribution in [2.24, 2.45) is 0 Å². The zero-order valence-electron chi connectivity index (χ0n) is 15.1. The van der Waals surface area contributed by atoms with E-state index < -0.39 is 11.7 Å². The third kappa shape index (κ3) is 5.05. The molecule has 0 N–H and O–H groups in total. The van der Waals surface area contributed by atoms with Gasteiger partial charge in [-0.2, -0.15) is 13.2 Å². The van der Waals surface area contributed by atoms with Crippen molar-refractivity contribution < 1.29 is 17.9 Å². The van der Waals surface area contributed by atoms with Gasteiger partial charge in [-0.25, -0.2) is 0 Å². The monoisotopic (exact) mass is 378 g/mol. The van der Waals surface area contributed by atoms with Crippen LogP contribution in [0.15, 0.2) is 84.4 Å². The van der Waals surface area contributed by atoms with Crippen LogP contribution in [0.25, 0.3) is 17.2 Å². The fourth-order valence-electron chi connectivity index (χ4n) is 2.57. The number of ether oxygens (including phenoxy) is 1. The predicted octanol–water partition coefficient (Wildman–Crippen LogP) is 6.36. The van der Waals surface area contributed by atoms with Gasteiger partial charge < -0.3 is 4.74 Å². The minimum Gasteiger partial charge on any atom is -0.497 e. The predicted molar refractivity (Wildman–Crippen MR) is 106 cm³/mol. The van der Waals surface area contributed by atoms with Gasteiger partial charge in [0.05, 0.1) is 7.11 Å². The summed E-state index contributed by atoms with van der Waals surface area (Å²) in [4.78, 5) is 0. The van der Waals surface area contributed by atoms with E-state index in [4.69, 9.17) is 4.74 Å². The molecule has 0 heterocycles. The van der Waals surface area contributed by atoms with Gasteiger partial charge in [0.1, 0.15) is 11.3 Å². The third-order valence-corrected chi connectivity index (χ3v) is 4.07. The molecule has 0 fully saturated rings. The molecule has 0 saturated carbocycles. The molecule has 0 spiro atoms. The fourth-order valence-corrected chi connectivity index (χ4v) is 2.57. The van der Waals surface area contributed by atoms with Gasteiger partial charge in [0, 0.05) is 5.56 Å². The van der Waals surface area contributed by atoms with E-state index >= 15 is 0 Å². The van der Waals surface area contributed by atoms with Crippen LogP contribution in [-0.4, -0.2) is 13.3 Å². The average Bonchev–Trinajstić information content (AvgIpc) is 2.72. The van der Waals surface area contributed by atoms with E-state index in [-0.39, 0.29) is 0 Å². The van der Waals surface area contributed by atoms with Crippen LogP contribution in [-0.2, 0) is 0 Å². The molecule has 0 bridgehead atoms. The molecular weight excluding hydrogens is 361 g/mol. The largest absolute Gasteiger partial charge is 0.497 e. The maximum atomic E-state index is 13.4. The highest BCUT2D eigenvalue weighted by molar-refractivity contribution is 5.67. The van der Waals surface area contributed by atoms with Crippen molar-refractivity contribution >= 4 is 6.08 Å². The number of halogens is 3. The van der Waals surface area contributed by atoms with Crippen molar-refractivity contribution in [2.75, 3.05) is 7.11 Å². The molecule has 0 saturated heterocycles. The smallest absolute Gasteiger partial charge is 0.424 e. The fraction of sp³-hybridized carbons (Fsp3) is 0.0833. The van der Waals surface area contributed by atoms with E-state index in [0.29, 0.717) is 16.9 Å². The van der Waals surface area contributed by atoms with Crippen LogP contribution in [0.3, 0.4) is 0 Å². The maximum absolute atomic E-state index is 13.4. The lowest BCUT2D eigenvalue weighted by Crippen LogP contribution is -2.10. The first kappa shape index (κ1) is 19.3. The zero-order chi connectivity index (χ0) is 20.0. The van der Waals surface area contributed by atoms with E-state index in [9.17, 15) is 13.2 Å². The lowest BCUT2D eigenvalue weighted by atomic mass is 10.0. The van der Waals surface area contributed by atoms with E-state index in [1.807, 2.05) is 30.3 Å². The molecule has 0 aliphatic carbocycles. The summed E-state index contributed by atoms with van der Waals surface area (Å²) in [6, 6.07) is 23.1. The Morgan fingerprint density at radius 1 is 0.821 bits per heavy atom. The number of alkyl halides is 3. The van der Waals surface area contributed by atoms with Crippen LogP contribution in [0.4, 0.5) is 13.2 Å². The summed E-state index contributed by atoms with van der Waals surface area (Å²) in [6.07, 6.45) is -3.47. The summed E-state index contributed by atoms with van der Waals surface area (Å²) in [5.74, 6) is 5.44. The first-order valence-electron chi connectivity index (χ1n) is 8.56. The Morgan fingerprint density at radius 2 is 1.43 bits per heavy atom. The number of hydrogen-bond donors (Lipinski definition) is 0. The van der Waals surface area contributed by atoms with Gasteiger partial charge in [-0.15, -0.1) is 0 Å². The molecule has 28 heavy (non-hydrogen) atoms. The van der Waals surface area contributed by atoms with Gasteiger partial charge >= 0.3 is 6.18 Å². The number of allylic oxidation sites excluding steroid dienone is 1. The van der Waals surface area contributed by atoms with Gasteiger partial charge in [0.15, 0.2) is 0 Å². The molecule has 3 aromatic carbocycles. The van der Waals surface area contributed by atoms with Crippen molar-refractivity contribution in [3.8, 4) is 28.7 Å². The Hall–Kier alpha value is -3.45. The molecule has 0 aromatic heterocycles. The lowest BCUT2D eigenvalue weighted by Gasteiger charge is -2.06. The second-order valence-corrected chi connectivity index (χ2v) is 6.02. The summed E-state index contributed by atoms with van der Waals surface area (Å²) in [5, 5.41) is 0. The summed E-state index contributed by atoms with van der Waals surface area (Å²) < 4.78 is 45.2. The molecule has 140 valence electrons. The van der Waals surface area contributed by atoms with Gasteiger partial charge in [-0.1, -0.05) is 66.4 Å². The molecule has 0 aliphatic heterocycles. The van der Waals surface area contributed by atoms with Gasteiger partial charge in [0.25, 0.3) is 0 Å². The average molecular weight is 378 g/mol. The van der Waals surface area contributed by atoms with Crippen molar-refractivity contribution in [1.29, 1.82) is 0 Å². The van der Waals surface area contributed by atoms with Crippen LogP contribution in [0.5, 0.6) is 5.75 Å². The van der Waals surface area contributed by atoms with E-state index in [0.717, 1.165) is 17.2 Å². The number of methoxy groups -OCH3 is 1. The normalized spacial score (nSPS) is 11.5. The van der Waals surface area contributed by atoms with Gasteiger partial charge in [0.2, 0.25) is 0 Å². The standard InChI is InChI=1S/C24H17F3O/c1-28-23-15-10-18(11-16-23)9-14-22(24(25,26)27)17-19-7-12-21(13-8-19)20-5-3-2-4-6-20/h2-8,10-13,15-17H,1H3. The summed E-state index contributed by atoms with van der Waals surface area (Å²) in [5.41, 5.74) is 1.98. The second-order valence-electron chi connectivity index (χ2n) is 6.02. The van der Waals surface area contributed by atoms with E-state index in [2.05, 4.69) is 11.8 Å². The van der Waals surface area contributed by atoms with Crippen LogP contribution in [0.1, 0.15) is 11.1 Å². The van der Waals surface area contributed by atoms with Crippen molar-refractivity contribution in [1.82, 2.24) is 0 Å². The minimum absolute atomic E-state index is 0.441. The Balaban J connectivity index is 1.88. The maximum Gasteiger partial charge on any atom is 0.424 e. The highest BCUT2D eigenvalue weighted by Gasteiger charge is 2.32.